The normalized spacial score (nSPS) is 9.61. The lowest BCUT2D eigenvalue weighted by Crippen LogP contribution is -1.96. The van der Waals surface area contributed by atoms with Crippen molar-refractivity contribution in [1.82, 2.24) is 9.97 Å². The van der Waals surface area contributed by atoms with Crippen LogP contribution in [0.1, 0.15) is 5.69 Å². The third-order valence-corrected chi connectivity index (χ3v) is 2.50. The van der Waals surface area contributed by atoms with Gasteiger partial charge >= 0.3 is 0 Å². The highest BCUT2D eigenvalue weighted by atomic mass is 35.5. The van der Waals surface area contributed by atoms with E-state index in [1.165, 1.54) is 12.4 Å². The molecule has 0 atom stereocenters. The summed E-state index contributed by atoms with van der Waals surface area (Å²) in [6.07, 6.45) is 2.88. The molecular formula is C12H9ClN4O. The van der Waals surface area contributed by atoms with Crippen molar-refractivity contribution in [2.45, 2.75) is 0 Å². The zero-order chi connectivity index (χ0) is 13.0. The van der Waals surface area contributed by atoms with Crippen LogP contribution in [0.25, 0.3) is 0 Å². The fourth-order valence-corrected chi connectivity index (χ4v) is 1.53. The second-order valence-corrected chi connectivity index (χ2v) is 3.78. The maximum absolute atomic E-state index is 8.61. The number of hydrogen-bond donors (Lipinski definition) is 1. The Kier molecular flexibility index (Phi) is 3.60. The van der Waals surface area contributed by atoms with Crippen molar-refractivity contribution >= 4 is 23.1 Å². The molecule has 0 spiro atoms. The van der Waals surface area contributed by atoms with Crippen molar-refractivity contribution in [3.8, 4) is 11.8 Å². The third-order valence-electron chi connectivity index (χ3n) is 2.19. The lowest BCUT2D eigenvalue weighted by molar-refractivity contribution is 0.415. The fourth-order valence-electron chi connectivity index (χ4n) is 1.34. The van der Waals surface area contributed by atoms with Gasteiger partial charge in [0.05, 0.1) is 24.5 Å². The Morgan fingerprint density at radius 1 is 1.33 bits per heavy atom. The molecular weight excluding hydrogens is 252 g/mol. The molecule has 0 saturated heterocycles. The van der Waals surface area contributed by atoms with E-state index in [4.69, 9.17) is 21.6 Å². The summed E-state index contributed by atoms with van der Waals surface area (Å²) in [5, 5.41) is 12.2. The molecule has 0 aliphatic heterocycles. The van der Waals surface area contributed by atoms with Crippen LogP contribution in [0.15, 0.2) is 30.6 Å². The van der Waals surface area contributed by atoms with Crippen molar-refractivity contribution in [1.29, 1.82) is 5.26 Å². The molecule has 0 aliphatic carbocycles. The summed E-state index contributed by atoms with van der Waals surface area (Å²) in [5.41, 5.74) is 1.05. The Balaban J connectivity index is 2.20. The standard InChI is InChI=1S/C12H9ClN4O/c1-18-11-4-8(2-3-10(11)13)17-12-7-15-9(5-14)6-16-12/h2-4,6-7H,1H3,(H,16,17). The molecule has 1 heterocycles. The molecule has 2 rings (SSSR count). The number of anilines is 2. The number of halogens is 1. The number of nitrogens with one attached hydrogen (secondary N) is 1. The zero-order valence-electron chi connectivity index (χ0n) is 9.51. The van der Waals surface area contributed by atoms with Crippen LogP contribution in [0.2, 0.25) is 5.02 Å². The molecule has 2 aromatic rings. The van der Waals surface area contributed by atoms with Crippen molar-refractivity contribution in [2.75, 3.05) is 12.4 Å². The summed E-state index contributed by atoms with van der Waals surface area (Å²) >= 11 is 5.92. The molecule has 0 saturated carbocycles. The van der Waals surface area contributed by atoms with E-state index in [1.807, 2.05) is 6.07 Å². The monoisotopic (exact) mass is 260 g/mol. The van der Waals surface area contributed by atoms with Gasteiger partial charge in [0, 0.05) is 11.8 Å². The predicted molar refractivity (Wildman–Crippen MR) is 68.0 cm³/mol. The molecule has 18 heavy (non-hydrogen) atoms. The first-order valence-corrected chi connectivity index (χ1v) is 5.43. The van der Waals surface area contributed by atoms with Gasteiger partial charge in [0.15, 0.2) is 5.69 Å². The Labute approximate surface area is 109 Å². The SMILES string of the molecule is COc1cc(Nc2cnc(C#N)cn2)ccc1Cl. The Hall–Kier alpha value is -2.32. The van der Waals surface area contributed by atoms with Gasteiger partial charge in [0.1, 0.15) is 17.6 Å². The molecule has 0 radical (unpaired) electrons. The van der Waals surface area contributed by atoms with Gasteiger partial charge in [-0.25, -0.2) is 9.97 Å². The lowest BCUT2D eigenvalue weighted by atomic mass is 10.3. The first-order valence-electron chi connectivity index (χ1n) is 5.05. The highest BCUT2D eigenvalue weighted by molar-refractivity contribution is 6.32. The highest BCUT2D eigenvalue weighted by Gasteiger charge is 2.03. The van der Waals surface area contributed by atoms with Crippen LogP contribution in [0.3, 0.4) is 0 Å². The van der Waals surface area contributed by atoms with Gasteiger partial charge in [-0.2, -0.15) is 5.26 Å². The van der Waals surface area contributed by atoms with E-state index in [0.717, 1.165) is 5.69 Å². The van der Waals surface area contributed by atoms with Crippen LogP contribution >= 0.6 is 11.6 Å². The summed E-state index contributed by atoms with van der Waals surface area (Å²) < 4.78 is 5.11. The molecule has 90 valence electrons. The van der Waals surface area contributed by atoms with E-state index in [-0.39, 0.29) is 5.69 Å². The van der Waals surface area contributed by atoms with Crippen LogP contribution in [-0.4, -0.2) is 17.1 Å². The fraction of sp³-hybridized carbons (Fsp3) is 0.0833. The Morgan fingerprint density at radius 3 is 2.78 bits per heavy atom. The van der Waals surface area contributed by atoms with Crippen LogP contribution in [-0.2, 0) is 0 Å². The van der Waals surface area contributed by atoms with Crippen LogP contribution in [0, 0.1) is 11.3 Å². The minimum absolute atomic E-state index is 0.272. The molecule has 0 aliphatic rings. The van der Waals surface area contributed by atoms with Crippen molar-refractivity contribution < 1.29 is 4.74 Å². The molecule has 5 nitrogen and oxygen atoms in total. The largest absolute Gasteiger partial charge is 0.495 e. The predicted octanol–water partition coefficient (Wildman–Crippen LogP) is 2.75. The average Bonchev–Trinajstić information content (AvgIpc) is 2.42. The van der Waals surface area contributed by atoms with Gasteiger partial charge in [0.25, 0.3) is 0 Å². The summed E-state index contributed by atoms with van der Waals surface area (Å²) in [7, 11) is 1.55. The van der Waals surface area contributed by atoms with E-state index in [9.17, 15) is 0 Å². The minimum Gasteiger partial charge on any atom is -0.495 e. The first-order chi connectivity index (χ1) is 8.72. The summed E-state index contributed by atoms with van der Waals surface area (Å²) in [6, 6.07) is 7.18. The van der Waals surface area contributed by atoms with Gasteiger partial charge < -0.3 is 10.1 Å². The number of hydrogen-bond acceptors (Lipinski definition) is 5. The number of aromatic nitrogens is 2. The number of benzene rings is 1. The summed E-state index contributed by atoms with van der Waals surface area (Å²) in [6.45, 7) is 0. The van der Waals surface area contributed by atoms with Crippen molar-refractivity contribution in [2.24, 2.45) is 0 Å². The number of ether oxygens (including phenoxy) is 1. The van der Waals surface area contributed by atoms with Gasteiger partial charge in [-0.15, -0.1) is 0 Å². The summed E-state index contributed by atoms with van der Waals surface area (Å²) in [4.78, 5) is 7.96. The molecule has 0 bridgehead atoms. The smallest absolute Gasteiger partial charge is 0.158 e. The molecule has 0 unspecified atom stereocenters. The molecule has 1 N–H and O–H groups in total. The molecule has 1 aromatic heterocycles. The second kappa shape index (κ2) is 5.34. The topological polar surface area (TPSA) is 70.8 Å². The van der Waals surface area contributed by atoms with E-state index < -0.39 is 0 Å². The maximum Gasteiger partial charge on any atom is 0.158 e. The van der Waals surface area contributed by atoms with E-state index >= 15 is 0 Å². The van der Waals surface area contributed by atoms with Crippen LogP contribution in [0.5, 0.6) is 5.75 Å². The molecule has 0 amide bonds. The Morgan fingerprint density at radius 2 is 2.17 bits per heavy atom. The van der Waals surface area contributed by atoms with Crippen molar-refractivity contribution in [3.05, 3.63) is 41.3 Å². The zero-order valence-corrected chi connectivity index (χ0v) is 10.3. The molecule has 1 aromatic carbocycles. The summed E-state index contributed by atoms with van der Waals surface area (Å²) in [5.74, 6) is 1.11. The highest BCUT2D eigenvalue weighted by Crippen LogP contribution is 2.28. The average molecular weight is 261 g/mol. The third kappa shape index (κ3) is 2.67. The minimum atomic E-state index is 0.272. The quantitative estimate of drug-likeness (QED) is 0.919. The van der Waals surface area contributed by atoms with Crippen LogP contribution < -0.4 is 10.1 Å². The molecule has 6 heteroatoms. The Bertz CT molecular complexity index is 592. The number of rotatable bonds is 3. The maximum atomic E-state index is 8.61. The molecule has 0 fully saturated rings. The van der Waals surface area contributed by atoms with Gasteiger partial charge in [-0.1, -0.05) is 11.6 Å². The van der Waals surface area contributed by atoms with Gasteiger partial charge in [-0.3, -0.25) is 0 Å². The van der Waals surface area contributed by atoms with E-state index in [1.54, 1.807) is 25.3 Å². The van der Waals surface area contributed by atoms with E-state index in [2.05, 4.69) is 15.3 Å². The van der Waals surface area contributed by atoms with Crippen molar-refractivity contribution in [3.63, 3.8) is 0 Å². The number of nitriles is 1. The van der Waals surface area contributed by atoms with Gasteiger partial charge in [0.2, 0.25) is 0 Å². The number of methoxy groups -OCH3 is 1. The van der Waals surface area contributed by atoms with E-state index in [0.29, 0.717) is 16.6 Å². The first kappa shape index (κ1) is 12.1. The van der Waals surface area contributed by atoms with Gasteiger partial charge in [-0.05, 0) is 12.1 Å². The second-order valence-electron chi connectivity index (χ2n) is 3.37. The van der Waals surface area contributed by atoms with Crippen LogP contribution in [0.4, 0.5) is 11.5 Å². The number of nitrogens with zero attached hydrogens (tertiary/aromatic N) is 3. The lowest BCUT2D eigenvalue weighted by Gasteiger charge is -2.08.